The molecule has 0 aromatic carbocycles. The quantitative estimate of drug-likeness (QED) is 0.737. The molecule has 2 heterocycles. The van der Waals surface area contributed by atoms with Crippen LogP contribution in [0.1, 0.15) is 26.7 Å². The van der Waals surface area contributed by atoms with E-state index in [1.807, 2.05) is 24.3 Å². The van der Waals surface area contributed by atoms with Crippen LogP contribution < -0.4 is 4.90 Å². The van der Waals surface area contributed by atoms with E-state index in [1.165, 1.54) is 0 Å². The first kappa shape index (κ1) is 14.8. The predicted molar refractivity (Wildman–Crippen MR) is 85.3 cm³/mol. The highest BCUT2D eigenvalue weighted by atomic mass is 35.5. The van der Waals surface area contributed by atoms with Crippen molar-refractivity contribution in [1.82, 2.24) is 9.97 Å². The lowest BCUT2D eigenvalue weighted by Gasteiger charge is -2.22. The Morgan fingerprint density at radius 3 is 2.10 bits per heavy atom. The maximum Gasteiger partial charge on any atom is 0.129 e. The molecular weight excluding hydrogens is 270 g/mol. The molecular formula is C16H20ClN3. The average Bonchev–Trinajstić information content (AvgIpc) is 2.47. The molecule has 0 N–H and O–H groups in total. The summed E-state index contributed by atoms with van der Waals surface area (Å²) >= 11 is 5.95. The highest BCUT2D eigenvalue weighted by Crippen LogP contribution is 2.20. The lowest BCUT2D eigenvalue weighted by Crippen LogP contribution is -2.25. The van der Waals surface area contributed by atoms with Crippen LogP contribution in [0.5, 0.6) is 0 Å². The Kier molecular flexibility index (Phi) is 5.36. The first-order valence-electron chi connectivity index (χ1n) is 7.09. The lowest BCUT2D eigenvalue weighted by atomic mass is 10.2. The van der Waals surface area contributed by atoms with Gasteiger partial charge in [0.2, 0.25) is 0 Å². The van der Waals surface area contributed by atoms with Crippen LogP contribution in [-0.2, 0) is 0 Å². The Balaban J connectivity index is 2.31. The molecule has 0 fully saturated rings. The van der Waals surface area contributed by atoms with Crippen LogP contribution in [0, 0.1) is 0 Å². The molecule has 2 rings (SSSR count). The van der Waals surface area contributed by atoms with Crippen molar-refractivity contribution in [2.24, 2.45) is 0 Å². The molecule has 0 radical (unpaired) electrons. The minimum absolute atomic E-state index is 0.494. The van der Waals surface area contributed by atoms with Gasteiger partial charge in [0.1, 0.15) is 11.0 Å². The van der Waals surface area contributed by atoms with Gasteiger partial charge in [-0.3, -0.25) is 0 Å². The minimum Gasteiger partial charge on any atom is -0.357 e. The van der Waals surface area contributed by atoms with Gasteiger partial charge in [0.05, 0.1) is 11.4 Å². The molecule has 0 aliphatic carbocycles. The van der Waals surface area contributed by atoms with Crippen LogP contribution in [0.25, 0.3) is 11.4 Å². The number of hydrogen-bond donors (Lipinski definition) is 0. The molecule has 0 saturated heterocycles. The Bertz CT molecular complexity index is 551. The van der Waals surface area contributed by atoms with Crippen molar-refractivity contribution in [2.45, 2.75) is 26.7 Å². The van der Waals surface area contributed by atoms with Crippen LogP contribution in [0.15, 0.2) is 36.4 Å². The first-order chi connectivity index (χ1) is 9.74. The van der Waals surface area contributed by atoms with Crippen molar-refractivity contribution >= 4 is 17.4 Å². The van der Waals surface area contributed by atoms with Gasteiger partial charge in [0.15, 0.2) is 0 Å². The monoisotopic (exact) mass is 289 g/mol. The van der Waals surface area contributed by atoms with E-state index in [0.717, 1.165) is 43.1 Å². The van der Waals surface area contributed by atoms with Gasteiger partial charge in [-0.25, -0.2) is 9.97 Å². The summed E-state index contributed by atoms with van der Waals surface area (Å²) in [6.45, 7) is 6.41. The zero-order valence-corrected chi connectivity index (χ0v) is 12.8. The zero-order valence-electron chi connectivity index (χ0n) is 12.0. The number of halogens is 1. The molecule has 0 aliphatic rings. The molecule has 4 heteroatoms. The molecule has 0 atom stereocenters. The SMILES string of the molecule is CCCN(CCC)c1cccc(-c2cccc(Cl)n2)n1. The Labute approximate surface area is 125 Å². The summed E-state index contributed by atoms with van der Waals surface area (Å²) in [4.78, 5) is 11.4. The third kappa shape index (κ3) is 3.70. The molecule has 0 aliphatic heterocycles. The topological polar surface area (TPSA) is 29.0 Å². The van der Waals surface area contributed by atoms with Gasteiger partial charge in [0, 0.05) is 13.1 Å². The van der Waals surface area contributed by atoms with Crippen molar-refractivity contribution in [1.29, 1.82) is 0 Å². The summed E-state index contributed by atoms with van der Waals surface area (Å²) in [7, 11) is 0. The number of pyridine rings is 2. The highest BCUT2D eigenvalue weighted by molar-refractivity contribution is 6.29. The van der Waals surface area contributed by atoms with Gasteiger partial charge in [-0.2, -0.15) is 0 Å². The summed E-state index contributed by atoms with van der Waals surface area (Å²) in [6.07, 6.45) is 2.22. The Morgan fingerprint density at radius 1 is 0.900 bits per heavy atom. The van der Waals surface area contributed by atoms with Crippen molar-refractivity contribution in [2.75, 3.05) is 18.0 Å². The van der Waals surface area contributed by atoms with E-state index in [9.17, 15) is 0 Å². The van der Waals surface area contributed by atoms with E-state index in [2.05, 4.69) is 29.8 Å². The smallest absolute Gasteiger partial charge is 0.129 e. The summed E-state index contributed by atoms with van der Waals surface area (Å²) < 4.78 is 0. The first-order valence-corrected chi connectivity index (χ1v) is 7.47. The Hall–Kier alpha value is -1.61. The fourth-order valence-corrected chi connectivity index (χ4v) is 2.34. The number of hydrogen-bond acceptors (Lipinski definition) is 3. The summed E-state index contributed by atoms with van der Waals surface area (Å²) in [5.74, 6) is 1.01. The average molecular weight is 290 g/mol. The third-order valence-electron chi connectivity index (χ3n) is 3.02. The van der Waals surface area contributed by atoms with Crippen molar-refractivity contribution < 1.29 is 0 Å². The number of rotatable bonds is 6. The van der Waals surface area contributed by atoms with E-state index in [4.69, 9.17) is 16.6 Å². The van der Waals surface area contributed by atoms with Crippen molar-refractivity contribution in [3.8, 4) is 11.4 Å². The molecule has 0 spiro atoms. The van der Waals surface area contributed by atoms with Gasteiger partial charge < -0.3 is 4.90 Å². The van der Waals surface area contributed by atoms with Crippen LogP contribution >= 0.6 is 11.6 Å². The molecule has 2 aromatic heterocycles. The second kappa shape index (κ2) is 7.25. The van der Waals surface area contributed by atoms with Crippen LogP contribution in [0.3, 0.4) is 0 Å². The molecule has 0 bridgehead atoms. The molecule has 0 amide bonds. The minimum atomic E-state index is 0.494. The van der Waals surface area contributed by atoms with E-state index >= 15 is 0 Å². The zero-order chi connectivity index (χ0) is 14.4. The summed E-state index contributed by atoms with van der Waals surface area (Å²) in [6, 6.07) is 11.7. The van der Waals surface area contributed by atoms with Gasteiger partial charge in [0.25, 0.3) is 0 Å². The highest BCUT2D eigenvalue weighted by Gasteiger charge is 2.08. The number of nitrogens with zero attached hydrogens (tertiary/aromatic N) is 3. The number of anilines is 1. The molecule has 106 valence electrons. The second-order valence-corrected chi connectivity index (χ2v) is 5.10. The molecule has 3 nitrogen and oxygen atoms in total. The maximum atomic E-state index is 5.95. The van der Waals surface area contributed by atoms with Crippen molar-refractivity contribution in [3.05, 3.63) is 41.6 Å². The molecule has 2 aromatic rings. The molecule has 0 saturated carbocycles. The van der Waals surface area contributed by atoms with E-state index in [0.29, 0.717) is 5.15 Å². The summed E-state index contributed by atoms with van der Waals surface area (Å²) in [5.41, 5.74) is 1.68. The largest absolute Gasteiger partial charge is 0.357 e. The van der Waals surface area contributed by atoms with E-state index < -0.39 is 0 Å². The molecule has 0 unspecified atom stereocenters. The van der Waals surface area contributed by atoms with E-state index in [1.54, 1.807) is 6.07 Å². The summed E-state index contributed by atoms with van der Waals surface area (Å²) in [5, 5.41) is 0.494. The van der Waals surface area contributed by atoms with Gasteiger partial charge >= 0.3 is 0 Å². The fourth-order valence-electron chi connectivity index (χ4n) is 2.17. The normalized spacial score (nSPS) is 10.6. The van der Waals surface area contributed by atoms with E-state index in [-0.39, 0.29) is 0 Å². The van der Waals surface area contributed by atoms with Gasteiger partial charge in [-0.1, -0.05) is 37.6 Å². The van der Waals surface area contributed by atoms with Crippen LogP contribution in [-0.4, -0.2) is 23.1 Å². The third-order valence-corrected chi connectivity index (χ3v) is 3.23. The van der Waals surface area contributed by atoms with Gasteiger partial charge in [-0.05, 0) is 37.1 Å². The fraction of sp³-hybridized carbons (Fsp3) is 0.375. The molecule has 20 heavy (non-hydrogen) atoms. The Morgan fingerprint density at radius 2 is 1.50 bits per heavy atom. The second-order valence-electron chi connectivity index (χ2n) is 4.71. The number of aromatic nitrogens is 2. The predicted octanol–water partition coefficient (Wildman–Crippen LogP) is 4.42. The van der Waals surface area contributed by atoms with Gasteiger partial charge in [-0.15, -0.1) is 0 Å². The van der Waals surface area contributed by atoms with Crippen molar-refractivity contribution in [3.63, 3.8) is 0 Å². The van der Waals surface area contributed by atoms with Crippen LogP contribution in [0.2, 0.25) is 5.15 Å². The lowest BCUT2D eigenvalue weighted by molar-refractivity contribution is 0.734. The maximum absolute atomic E-state index is 5.95. The van der Waals surface area contributed by atoms with Crippen LogP contribution in [0.4, 0.5) is 5.82 Å². The standard InChI is InChI=1S/C16H20ClN3/c1-3-11-20(12-4-2)16-10-6-8-14(19-16)13-7-5-9-15(17)18-13/h5-10H,3-4,11-12H2,1-2H3.